The first-order valence-electron chi connectivity index (χ1n) is 8.68. The normalized spacial score (nSPS) is 16.3. The molecule has 1 aliphatic rings. The summed E-state index contributed by atoms with van der Waals surface area (Å²) >= 11 is 0. The highest BCUT2D eigenvalue weighted by Gasteiger charge is 2.30. The zero-order chi connectivity index (χ0) is 17.8. The molecule has 3 N–H and O–H groups in total. The molecule has 0 saturated heterocycles. The SMILES string of the molecule is CC(C(NO)NC1CC1)N(C)C(=O)c1ccc(-c2ccccc2)cc1. The van der Waals surface area contributed by atoms with E-state index in [1.54, 1.807) is 11.9 Å². The molecule has 1 saturated carbocycles. The van der Waals surface area contributed by atoms with Crippen LogP contribution < -0.4 is 10.8 Å². The third-order valence-electron chi connectivity index (χ3n) is 4.78. The number of nitrogens with one attached hydrogen (secondary N) is 2. The lowest BCUT2D eigenvalue weighted by Gasteiger charge is -2.32. The highest BCUT2D eigenvalue weighted by molar-refractivity contribution is 5.94. The van der Waals surface area contributed by atoms with Gasteiger partial charge in [-0.25, -0.2) is 0 Å². The van der Waals surface area contributed by atoms with Crippen LogP contribution in [-0.4, -0.2) is 41.3 Å². The highest BCUT2D eigenvalue weighted by atomic mass is 16.5. The number of carbonyl (C=O) groups is 1. The van der Waals surface area contributed by atoms with Gasteiger partial charge in [0.15, 0.2) is 0 Å². The molecular weight excluding hydrogens is 314 g/mol. The first-order chi connectivity index (χ1) is 12.1. The number of hydroxylamine groups is 1. The molecule has 2 aromatic carbocycles. The van der Waals surface area contributed by atoms with Crippen molar-refractivity contribution in [2.75, 3.05) is 7.05 Å². The van der Waals surface area contributed by atoms with Gasteiger partial charge in [0, 0.05) is 18.7 Å². The van der Waals surface area contributed by atoms with E-state index in [0.717, 1.165) is 24.0 Å². The molecule has 1 amide bonds. The van der Waals surface area contributed by atoms with Crippen molar-refractivity contribution in [1.82, 2.24) is 15.7 Å². The van der Waals surface area contributed by atoms with E-state index >= 15 is 0 Å². The molecule has 0 aromatic heterocycles. The monoisotopic (exact) mass is 339 g/mol. The largest absolute Gasteiger partial charge is 0.336 e. The summed E-state index contributed by atoms with van der Waals surface area (Å²) in [6, 6.07) is 18.0. The van der Waals surface area contributed by atoms with Crippen molar-refractivity contribution in [2.45, 2.75) is 38.0 Å². The molecule has 5 nitrogen and oxygen atoms in total. The second-order valence-electron chi connectivity index (χ2n) is 6.65. The summed E-state index contributed by atoms with van der Waals surface area (Å²) < 4.78 is 0. The summed E-state index contributed by atoms with van der Waals surface area (Å²) in [6.45, 7) is 1.92. The molecule has 25 heavy (non-hydrogen) atoms. The predicted molar refractivity (Wildman–Crippen MR) is 98.3 cm³/mol. The fourth-order valence-electron chi connectivity index (χ4n) is 2.84. The summed E-state index contributed by atoms with van der Waals surface area (Å²) in [5, 5.41) is 12.7. The molecule has 0 spiro atoms. The minimum absolute atomic E-state index is 0.0649. The van der Waals surface area contributed by atoms with Crippen molar-refractivity contribution in [3.63, 3.8) is 0 Å². The maximum absolute atomic E-state index is 12.7. The van der Waals surface area contributed by atoms with E-state index in [2.05, 4.69) is 10.8 Å². The van der Waals surface area contributed by atoms with Gasteiger partial charge in [-0.2, -0.15) is 5.48 Å². The van der Waals surface area contributed by atoms with Gasteiger partial charge in [-0.3, -0.25) is 10.1 Å². The Morgan fingerprint density at radius 1 is 1.08 bits per heavy atom. The van der Waals surface area contributed by atoms with Gasteiger partial charge in [-0.05, 0) is 43.0 Å². The molecule has 0 radical (unpaired) electrons. The average Bonchev–Trinajstić information content (AvgIpc) is 3.49. The predicted octanol–water partition coefficient (Wildman–Crippen LogP) is 2.87. The van der Waals surface area contributed by atoms with Crippen LogP contribution in [0.4, 0.5) is 0 Å². The van der Waals surface area contributed by atoms with Crippen molar-refractivity contribution in [1.29, 1.82) is 0 Å². The number of carbonyl (C=O) groups excluding carboxylic acids is 1. The Morgan fingerprint density at radius 2 is 1.68 bits per heavy atom. The topological polar surface area (TPSA) is 64.6 Å². The van der Waals surface area contributed by atoms with E-state index in [9.17, 15) is 10.0 Å². The Morgan fingerprint density at radius 3 is 2.24 bits per heavy atom. The van der Waals surface area contributed by atoms with Gasteiger partial charge in [0.25, 0.3) is 5.91 Å². The highest BCUT2D eigenvalue weighted by Crippen LogP contribution is 2.22. The standard InChI is InChI=1S/C20H25N3O2/c1-14(19(22-25)21-18-12-13-18)23(2)20(24)17-10-8-16(9-11-17)15-6-4-3-5-7-15/h3-11,14,18-19,21-22,25H,12-13H2,1-2H3. The van der Waals surface area contributed by atoms with Crippen LogP contribution in [0.1, 0.15) is 30.1 Å². The number of benzene rings is 2. The molecule has 0 bridgehead atoms. The molecule has 2 unspecified atom stereocenters. The van der Waals surface area contributed by atoms with Crippen LogP contribution in [0.25, 0.3) is 11.1 Å². The summed E-state index contributed by atoms with van der Waals surface area (Å²) in [5.41, 5.74) is 5.13. The molecule has 3 rings (SSSR count). The van der Waals surface area contributed by atoms with Gasteiger partial charge in [0.1, 0.15) is 6.17 Å². The minimum atomic E-state index is -0.343. The average molecular weight is 339 g/mol. The van der Waals surface area contributed by atoms with Crippen LogP contribution in [0.15, 0.2) is 54.6 Å². The summed E-state index contributed by atoms with van der Waals surface area (Å²) in [4.78, 5) is 14.4. The third kappa shape index (κ3) is 4.25. The van der Waals surface area contributed by atoms with Crippen LogP contribution in [0.3, 0.4) is 0 Å². The fourth-order valence-corrected chi connectivity index (χ4v) is 2.84. The van der Waals surface area contributed by atoms with E-state index in [0.29, 0.717) is 11.6 Å². The molecule has 2 aromatic rings. The van der Waals surface area contributed by atoms with E-state index in [4.69, 9.17) is 0 Å². The molecule has 0 heterocycles. The van der Waals surface area contributed by atoms with Gasteiger partial charge in [0.05, 0.1) is 6.04 Å². The first kappa shape index (κ1) is 17.6. The van der Waals surface area contributed by atoms with Crippen LogP contribution in [0.2, 0.25) is 0 Å². The summed E-state index contributed by atoms with van der Waals surface area (Å²) in [7, 11) is 1.76. The van der Waals surface area contributed by atoms with E-state index in [-0.39, 0.29) is 18.1 Å². The van der Waals surface area contributed by atoms with Crippen LogP contribution in [0, 0.1) is 0 Å². The van der Waals surface area contributed by atoms with Crippen molar-refractivity contribution >= 4 is 5.91 Å². The van der Waals surface area contributed by atoms with Crippen molar-refractivity contribution in [3.8, 4) is 11.1 Å². The molecule has 0 aliphatic heterocycles. The maximum Gasteiger partial charge on any atom is 0.253 e. The van der Waals surface area contributed by atoms with Gasteiger partial charge in [-0.15, -0.1) is 0 Å². The molecule has 2 atom stereocenters. The number of hydrogen-bond acceptors (Lipinski definition) is 4. The number of hydrogen-bond donors (Lipinski definition) is 3. The molecular formula is C20H25N3O2. The lowest BCUT2D eigenvalue weighted by Crippen LogP contribution is -2.56. The van der Waals surface area contributed by atoms with Crippen molar-refractivity contribution < 1.29 is 10.0 Å². The summed E-state index contributed by atoms with van der Waals surface area (Å²) in [6.07, 6.45) is 1.89. The Labute approximate surface area is 148 Å². The lowest BCUT2D eigenvalue weighted by molar-refractivity contribution is 0.0467. The molecule has 1 fully saturated rings. The Hall–Kier alpha value is -2.21. The van der Waals surface area contributed by atoms with E-state index in [1.807, 2.05) is 61.5 Å². The fraction of sp³-hybridized carbons (Fsp3) is 0.350. The quantitative estimate of drug-likeness (QED) is 0.536. The Balaban J connectivity index is 1.68. The van der Waals surface area contributed by atoms with Crippen LogP contribution in [-0.2, 0) is 0 Å². The molecule has 1 aliphatic carbocycles. The first-order valence-corrected chi connectivity index (χ1v) is 8.68. The van der Waals surface area contributed by atoms with Gasteiger partial charge in [0.2, 0.25) is 0 Å². The van der Waals surface area contributed by atoms with E-state index < -0.39 is 0 Å². The number of nitrogens with zero attached hydrogens (tertiary/aromatic N) is 1. The smallest absolute Gasteiger partial charge is 0.253 e. The minimum Gasteiger partial charge on any atom is -0.336 e. The van der Waals surface area contributed by atoms with Gasteiger partial charge in [-0.1, -0.05) is 42.5 Å². The van der Waals surface area contributed by atoms with Crippen LogP contribution in [0.5, 0.6) is 0 Å². The maximum atomic E-state index is 12.7. The Kier molecular flexibility index (Phi) is 5.48. The lowest BCUT2D eigenvalue weighted by atomic mass is 10.0. The van der Waals surface area contributed by atoms with E-state index in [1.165, 1.54) is 0 Å². The van der Waals surface area contributed by atoms with Gasteiger partial charge >= 0.3 is 0 Å². The zero-order valence-corrected chi connectivity index (χ0v) is 14.6. The summed E-state index contributed by atoms with van der Waals surface area (Å²) in [5.74, 6) is -0.0649. The number of amides is 1. The second-order valence-corrected chi connectivity index (χ2v) is 6.65. The van der Waals surface area contributed by atoms with Crippen LogP contribution >= 0.6 is 0 Å². The third-order valence-corrected chi connectivity index (χ3v) is 4.78. The van der Waals surface area contributed by atoms with Crippen molar-refractivity contribution in [3.05, 3.63) is 60.2 Å². The molecule has 132 valence electrons. The number of likely N-dealkylation sites (N-methyl/N-ethyl adjacent to an activating group) is 1. The Bertz CT molecular complexity index is 699. The second kappa shape index (κ2) is 7.78. The molecule has 5 heteroatoms. The van der Waals surface area contributed by atoms with Crippen molar-refractivity contribution in [2.24, 2.45) is 0 Å². The zero-order valence-electron chi connectivity index (χ0n) is 14.6. The van der Waals surface area contributed by atoms with Gasteiger partial charge < -0.3 is 10.1 Å². The number of rotatable bonds is 7.